The molecule has 1 aliphatic carbocycles. The number of amides is 1. The van der Waals surface area contributed by atoms with E-state index in [1.165, 1.54) is 41.1 Å². The van der Waals surface area contributed by atoms with Crippen molar-refractivity contribution in [1.82, 2.24) is 9.97 Å². The fraction of sp³-hybridized carbons (Fsp3) is 0.292. The molecule has 4 aromatic rings. The molecule has 3 N–H and O–H groups in total. The lowest BCUT2D eigenvalue weighted by Crippen LogP contribution is -2.11. The van der Waals surface area contributed by atoms with Crippen LogP contribution in [0.3, 0.4) is 0 Å². The van der Waals surface area contributed by atoms with Crippen molar-refractivity contribution in [3.05, 3.63) is 45.8 Å². The van der Waals surface area contributed by atoms with Crippen molar-refractivity contribution in [2.24, 2.45) is 0 Å². The predicted octanol–water partition coefficient (Wildman–Crippen LogP) is 5.54. The molecule has 3 aromatic heterocycles. The number of nitrogens with one attached hydrogen (secondary N) is 1. The number of thiazole rings is 1. The van der Waals surface area contributed by atoms with Gasteiger partial charge in [-0.1, -0.05) is 6.42 Å². The minimum Gasteiger partial charge on any atom is -0.493 e. The summed E-state index contributed by atoms with van der Waals surface area (Å²) in [7, 11) is 3.19. The van der Waals surface area contributed by atoms with Crippen molar-refractivity contribution in [1.29, 1.82) is 0 Å². The van der Waals surface area contributed by atoms with E-state index in [1.807, 2.05) is 23.6 Å². The number of carbonyl (C=O) groups excluding carboxylic acids is 1. The maximum absolute atomic E-state index is 13.0. The molecule has 170 valence electrons. The molecule has 1 aliphatic rings. The largest absolute Gasteiger partial charge is 0.493 e. The molecule has 0 atom stereocenters. The second kappa shape index (κ2) is 8.99. The van der Waals surface area contributed by atoms with Gasteiger partial charge >= 0.3 is 0 Å². The van der Waals surface area contributed by atoms with Gasteiger partial charge in [0.25, 0.3) is 5.91 Å². The summed E-state index contributed by atoms with van der Waals surface area (Å²) in [6, 6.07) is 7.73. The number of hydrogen-bond acceptors (Lipinski definition) is 8. The third-order valence-corrected chi connectivity index (χ3v) is 7.73. The number of pyridine rings is 1. The molecule has 0 bridgehead atoms. The first-order valence-electron chi connectivity index (χ1n) is 10.8. The average Bonchev–Trinajstić information content (AvgIpc) is 3.34. The van der Waals surface area contributed by atoms with E-state index >= 15 is 0 Å². The molecule has 7 nitrogen and oxygen atoms in total. The van der Waals surface area contributed by atoms with Crippen molar-refractivity contribution < 1.29 is 14.3 Å². The number of nitrogen functional groups attached to an aromatic ring is 1. The van der Waals surface area contributed by atoms with E-state index in [0.29, 0.717) is 27.2 Å². The molecule has 3 heterocycles. The molecule has 0 radical (unpaired) electrons. The van der Waals surface area contributed by atoms with Gasteiger partial charge in [-0.2, -0.15) is 0 Å². The highest BCUT2D eigenvalue weighted by atomic mass is 32.1. The van der Waals surface area contributed by atoms with E-state index in [4.69, 9.17) is 20.2 Å². The van der Waals surface area contributed by atoms with Crippen molar-refractivity contribution in [3.63, 3.8) is 0 Å². The van der Waals surface area contributed by atoms with E-state index in [2.05, 4.69) is 16.4 Å². The van der Waals surface area contributed by atoms with Gasteiger partial charge in [-0.05, 0) is 55.5 Å². The number of aromatic nitrogens is 2. The first kappa shape index (κ1) is 21.7. The minimum absolute atomic E-state index is 0.265. The van der Waals surface area contributed by atoms with Crippen LogP contribution >= 0.6 is 22.7 Å². The van der Waals surface area contributed by atoms with Crippen molar-refractivity contribution in [2.75, 3.05) is 25.3 Å². The lowest BCUT2D eigenvalue weighted by molar-refractivity contribution is 0.103. The van der Waals surface area contributed by atoms with E-state index in [1.54, 1.807) is 14.2 Å². The molecule has 0 spiro atoms. The van der Waals surface area contributed by atoms with Gasteiger partial charge in [0.1, 0.15) is 9.71 Å². The Morgan fingerprint density at radius 3 is 2.70 bits per heavy atom. The van der Waals surface area contributed by atoms with Crippen LogP contribution in [0.4, 0.5) is 10.8 Å². The number of carbonyl (C=O) groups is 1. The first-order valence-corrected chi connectivity index (χ1v) is 12.5. The summed E-state index contributed by atoms with van der Waals surface area (Å²) in [6.45, 7) is 0. The maximum Gasteiger partial charge on any atom is 0.269 e. The third kappa shape index (κ3) is 4.14. The molecule has 9 heteroatoms. The van der Waals surface area contributed by atoms with Crippen LogP contribution in [0, 0.1) is 0 Å². The monoisotopic (exact) mass is 480 g/mol. The van der Waals surface area contributed by atoms with Crippen LogP contribution in [0.5, 0.6) is 11.5 Å². The number of thiophene rings is 1. The lowest BCUT2D eigenvalue weighted by Gasteiger charge is -2.08. The molecule has 1 aromatic carbocycles. The number of hydrogen-bond donors (Lipinski definition) is 2. The van der Waals surface area contributed by atoms with Crippen LogP contribution in [0.15, 0.2) is 29.6 Å². The van der Waals surface area contributed by atoms with Crippen LogP contribution in [0.1, 0.15) is 40.2 Å². The van der Waals surface area contributed by atoms with Gasteiger partial charge < -0.3 is 15.2 Å². The Kier molecular flexibility index (Phi) is 5.90. The van der Waals surface area contributed by atoms with Crippen LogP contribution < -0.4 is 20.5 Å². The van der Waals surface area contributed by atoms with Crippen LogP contribution in [0.25, 0.3) is 21.5 Å². The molecule has 0 unspecified atom stereocenters. The zero-order valence-corrected chi connectivity index (χ0v) is 20.1. The summed E-state index contributed by atoms with van der Waals surface area (Å²) in [6.07, 6.45) is 5.57. The summed E-state index contributed by atoms with van der Waals surface area (Å²) >= 11 is 2.70. The zero-order valence-electron chi connectivity index (χ0n) is 18.4. The number of aryl methyl sites for hydroxylation is 2. The van der Waals surface area contributed by atoms with E-state index in [0.717, 1.165) is 46.4 Å². The Bertz CT molecular complexity index is 1350. The Morgan fingerprint density at radius 2 is 1.88 bits per heavy atom. The Hall–Kier alpha value is -3.17. The van der Waals surface area contributed by atoms with Gasteiger partial charge in [0.15, 0.2) is 16.6 Å². The van der Waals surface area contributed by atoms with Crippen LogP contribution in [0.2, 0.25) is 0 Å². The van der Waals surface area contributed by atoms with E-state index in [9.17, 15) is 4.79 Å². The Balaban J connectivity index is 1.39. The fourth-order valence-electron chi connectivity index (χ4n) is 4.12. The van der Waals surface area contributed by atoms with Crippen molar-refractivity contribution >= 4 is 49.6 Å². The number of ether oxygens (including phenoxy) is 2. The summed E-state index contributed by atoms with van der Waals surface area (Å²) in [5, 5.41) is 6.16. The Labute approximate surface area is 199 Å². The van der Waals surface area contributed by atoms with Crippen molar-refractivity contribution in [3.8, 4) is 22.8 Å². The quantitative estimate of drug-likeness (QED) is 0.364. The third-order valence-electron chi connectivity index (χ3n) is 5.86. The number of anilines is 2. The van der Waals surface area contributed by atoms with Crippen molar-refractivity contribution in [2.45, 2.75) is 32.1 Å². The number of nitrogens with zero attached hydrogens (tertiary/aromatic N) is 2. The highest BCUT2D eigenvalue weighted by Crippen LogP contribution is 2.37. The fourth-order valence-corrected chi connectivity index (χ4v) is 5.82. The normalized spacial score (nSPS) is 13.4. The van der Waals surface area contributed by atoms with Gasteiger partial charge in [0.2, 0.25) is 0 Å². The highest BCUT2D eigenvalue weighted by Gasteiger charge is 2.21. The average molecular weight is 481 g/mol. The predicted molar refractivity (Wildman–Crippen MR) is 134 cm³/mol. The maximum atomic E-state index is 13.0. The molecule has 0 saturated carbocycles. The van der Waals surface area contributed by atoms with Gasteiger partial charge in [-0.3, -0.25) is 10.1 Å². The number of rotatable bonds is 5. The van der Waals surface area contributed by atoms with Gasteiger partial charge in [-0.25, -0.2) is 9.97 Å². The minimum atomic E-state index is -0.265. The Morgan fingerprint density at radius 1 is 1.06 bits per heavy atom. The first-order chi connectivity index (χ1) is 16.1. The smallest absolute Gasteiger partial charge is 0.269 e. The number of fused-ring (bicyclic) bond motifs is 2. The standard InChI is InChI=1S/C24H24N4O3S2/c1-30-18-9-8-14(11-19(18)31-2)17-12-32-24(27-17)28-22(29)21-20(25)15-10-13-6-4-3-5-7-16(13)26-23(15)33-21/h8-12H,3-7,25H2,1-2H3,(H,27,28,29). The summed E-state index contributed by atoms with van der Waals surface area (Å²) < 4.78 is 10.7. The summed E-state index contributed by atoms with van der Waals surface area (Å²) in [5.41, 5.74) is 10.9. The van der Waals surface area contributed by atoms with Crippen LogP contribution in [-0.2, 0) is 12.8 Å². The van der Waals surface area contributed by atoms with Gasteiger partial charge in [0.05, 0.1) is 25.6 Å². The van der Waals surface area contributed by atoms with E-state index < -0.39 is 0 Å². The summed E-state index contributed by atoms with van der Waals surface area (Å²) in [4.78, 5) is 23.7. The molecular formula is C24H24N4O3S2. The molecule has 0 fully saturated rings. The molecule has 5 rings (SSSR count). The number of benzene rings is 1. The SMILES string of the molecule is COc1ccc(-c2csc(NC(=O)c3sc4nc5c(cc4c3N)CCCCC5)n2)cc1OC. The molecule has 33 heavy (non-hydrogen) atoms. The number of methoxy groups -OCH3 is 2. The van der Waals surface area contributed by atoms with Crippen LogP contribution in [-0.4, -0.2) is 30.1 Å². The highest BCUT2D eigenvalue weighted by molar-refractivity contribution is 7.21. The second-order valence-electron chi connectivity index (χ2n) is 7.91. The summed E-state index contributed by atoms with van der Waals surface area (Å²) in [5.74, 6) is 1.01. The van der Waals surface area contributed by atoms with E-state index in [-0.39, 0.29) is 5.91 Å². The van der Waals surface area contributed by atoms with Gasteiger partial charge in [0, 0.05) is 22.0 Å². The molecule has 1 amide bonds. The van der Waals surface area contributed by atoms with Gasteiger partial charge in [-0.15, -0.1) is 22.7 Å². The second-order valence-corrected chi connectivity index (χ2v) is 9.77. The zero-order chi connectivity index (χ0) is 22.9. The topological polar surface area (TPSA) is 99.4 Å². The molecule has 0 aliphatic heterocycles. The lowest BCUT2D eigenvalue weighted by atomic mass is 10.1. The molecular weight excluding hydrogens is 456 g/mol. The molecule has 0 saturated heterocycles. The number of nitrogens with two attached hydrogens (primary N) is 1.